The Balaban J connectivity index is 1.60. The van der Waals surface area contributed by atoms with Gasteiger partial charge in [0.2, 0.25) is 0 Å². The number of hydrogen-bond acceptors (Lipinski definition) is 3. The van der Waals surface area contributed by atoms with Crippen molar-refractivity contribution < 1.29 is 4.98 Å². The van der Waals surface area contributed by atoms with Crippen LogP contribution in [0.25, 0.3) is 0 Å². The molecule has 1 N–H and O–H groups in total. The lowest BCUT2D eigenvalue weighted by Crippen LogP contribution is -2.45. The van der Waals surface area contributed by atoms with Gasteiger partial charge in [0.05, 0.1) is 35.5 Å². The van der Waals surface area contributed by atoms with E-state index in [4.69, 9.17) is 23.2 Å². The molecule has 0 unspecified atom stereocenters. The van der Waals surface area contributed by atoms with Gasteiger partial charge in [0.15, 0.2) is 0 Å². The molecule has 2 aromatic rings. The molecule has 6 heteroatoms. The summed E-state index contributed by atoms with van der Waals surface area (Å²) in [6.45, 7) is 3.61. The van der Waals surface area contributed by atoms with Crippen molar-refractivity contribution in [1.29, 1.82) is 0 Å². The van der Waals surface area contributed by atoms with Gasteiger partial charge in [-0.25, -0.2) is 4.98 Å². The van der Waals surface area contributed by atoms with E-state index in [9.17, 15) is 0 Å². The molecule has 0 amide bonds. The first kappa shape index (κ1) is 15.1. The fourth-order valence-corrected chi connectivity index (χ4v) is 2.75. The predicted molar refractivity (Wildman–Crippen MR) is 90.8 cm³/mol. The Morgan fingerprint density at radius 1 is 1.00 bits per heavy atom. The minimum Gasteiger partial charge on any atom is -0.289 e. The largest absolute Gasteiger partial charge is 0.289 e. The van der Waals surface area contributed by atoms with Crippen molar-refractivity contribution in [3.05, 3.63) is 58.2 Å². The van der Waals surface area contributed by atoms with Gasteiger partial charge >= 0.3 is 0 Å². The Hall–Kier alpha value is -1.78. The maximum Gasteiger partial charge on any atom is 0.274 e. The third kappa shape index (κ3) is 3.51. The van der Waals surface area contributed by atoms with Crippen LogP contribution in [0.3, 0.4) is 0 Å². The second-order valence-corrected chi connectivity index (χ2v) is 5.86. The first-order chi connectivity index (χ1) is 10.7. The van der Waals surface area contributed by atoms with Crippen molar-refractivity contribution in [2.45, 2.75) is 0 Å². The number of halogens is 2. The minimum absolute atomic E-state index is 0.547. The molecule has 22 heavy (non-hydrogen) atoms. The molecule has 0 atom stereocenters. The molecule has 0 saturated carbocycles. The molecule has 2 heterocycles. The van der Waals surface area contributed by atoms with Crippen molar-refractivity contribution >= 4 is 35.2 Å². The predicted octanol–water partition coefficient (Wildman–Crippen LogP) is 2.96. The molecule has 0 radical (unpaired) electrons. The summed E-state index contributed by atoms with van der Waals surface area (Å²) in [5.74, 6) is 1.14. The molecule has 0 aliphatic carbocycles. The van der Waals surface area contributed by atoms with Crippen molar-refractivity contribution in [2.24, 2.45) is 5.10 Å². The third-order valence-corrected chi connectivity index (χ3v) is 4.46. The number of anilines is 1. The molecule has 0 bridgehead atoms. The molecule has 1 aliphatic rings. The molecule has 1 saturated heterocycles. The Bertz CT molecular complexity index is 652. The molecule has 3 rings (SSSR count). The number of pyridine rings is 1. The lowest BCUT2D eigenvalue weighted by atomic mass is 10.2. The highest BCUT2D eigenvalue weighted by molar-refractivity contribution is 6.43. The third-order valence-electron chi connectivity index (χ3n) is 3.63. The molecule has 1 aliphatic heterocycles. The van der Waals surface area contributed by atoms with E-state index < -0.39 is 0 Å². The van der Waals surface area contributed by atoms with Gasteiger partial charge in [0, 0.05) is 11.6 Å². The summed E-state index contributed by atoms with van der Waals surface area (Å²) < 4.78 is 0. The van der Waals surface area contributed by atoms with Gasteiger partial charge in [-0.3, -0.25) is 9.91 Å². The normalized spacial score (nSPS) is 15.5. The van der Waals surface area contributed by atoms with Crippen molar-refractivity contribution in [3.8, 4) is 0 Å². The van der Waals surface area contributed by atoms with Crippen LogP contribution < -0.4 is 9.88 Å². The van der Waals surface area contributed by atoms with Crippen molar-refractivity contribution in [1.82, 2.24) is 5.01 Å². The van der Waals surface area contributed by atoms with E-state index in [-0.39, 0.29) is 0 Å². The number of H-pyrrole nitrogens is 1. The van der Waals surface area contributed by atoms with E-state index >= 15 is 0 Å². The number of piperazine rings is 1. The van der Waals surface area contributed by atoms with Crippen LogP contribution in [0.2, 0.25) is 10.0 Å². The maximum absolute atomic E-state index is 6.16. The van der Waals surface area contributed by atoms with Crippen LogP contribution in [0.5, 0.6) is 0 Å². The van der Waals surface area contributed by atoms with Crippen molar-refractivity contribution in [2.75, 3.05) is 31.1 Å². The van der Waals surface area contributed by atoms with E-state index in [0.717, 1.165) is 37.6 Å². The van der Waals surface area contributed by atoms with Crippen LogP contribution in [0.1, 0.15) is 5.56 Å². The van der Waals surface area contributed by atoms with Gasteiger partial charge in [-0.05, 0) is 12.1 Å². The zero-order valence-electron chi connectivity index (χ0n) is 12.0. The Kier molecular flexibility index (Phi) is 4.80. The molecule has 0 spiro atoms. The Morgan fingerprint density at radius 2 is 1.82 bits per heavy atom. The van der Waals surface area contributed by atoms with E-state index in [1.807, 2.05) is 30.5 Å². The SMILES string of the molecule is Clc1cccc(/C=N\N2CCN(c3cccc[nH+]3)CC2)c1Cl. The highest BCUT2D eigenvalue weighted by Gasteiger charge is 2.21. The monoisotopic (exact) mass is 335 g/mol. The topological polar surface area (TPSA) is 33.0 Å². The summed E-state index contributed by atoms with van der Waals surface area (Å²) in [4.78, 5) is 5.58. The Labute approximate surface area is 140 Å². The van der Waals surface area contributed by atoms with Gasteiger partial charge in [0.1, 0.15) is 13.1 Å². The second-order valence-electron chi connectivity index (χ2n) is 5.08. The molecule has 114 valence electrons. The molecule has 4 nitrogen and oxygen atoms in total. The summed E-state index contributed by atoms with van der Waals surface area (Å²) in [5.41, 5.74) is 0.841. The second kappa shape index (κ2) is 6.99. The number of nitrogens with one attached hydrogen (secondary N) is 1. The molecule has 1 fully saturated rings. The van der Waals surface area contributed by atoms with E-state index in [0.29, 0.717) is 10.0 Å². The summed E-state index contributed by atoms with van der Waals surface area (Å²) in [5, 5.41) is 7.66. The minimum atomic E-state index is 0.547. The van der Waals surface area contributed by atoms with Crippen LogP contribution in [0.4, 0.5) is 5.82 Å². The summed E-state index contributed by atoms with van der Waals surface area (Å²) in [6.07, 6.45) is 3.72. The average molecular weight is 336 g/mol. The fourth-order valence-electron chi connectivity index (χ4n) is 2.40. The summed E-state index contributed by atoms with van der Waals surface area (Å²) >= 11 is 12.2. The van der Waals surface area contributed by atoms with Crippen LogP contribution >= 0.6 is 23.2 Å². The first-order valence-corrected chi connectivity index (χ1v) is 7.94. The number of rotatable bonds is 3. The van der Waals surface area contributed by atoms with Crippen LogP contribution in [0.15, 0.2) is 47.7 Å². The summed E-state index contributed by atoms with van der Waals surface area (Å²) in [7, 11) is 0. The van der Waals surface area contributed by atoms with Crippen molar-refractivity contribution in [3.63, 3.8) is 0 Å². The number of aromatic amines is 1. The quantitative estimate of drug-likeness (QED) is 0.808. The smallest absolute Gasteiger partial charge is 0.274 e. The maximum atomic E-state index is 6.16. The van der Waals surface area contributed by atoms with Crippen LogP contribution in [-0.2, 0) is 0 Å². The van der Waals surface area contributed by atoms with E-state index in [1.165, 1.54) is 0 Å². The lowest BCUT2D eigenvalue weighted by molar-refractivity contribution is -0.364. The van der Waals surface area contributed by atoms with Gasteiger partial charge in [-0.15, -0.1) is 0 Å². The highest BCUT2D eigenvalue weighted by Crippen LogP contribution is 2.24. The number of hydrogen-bond donors (Lipinski definition) is 0. The number of benzene rings is 1. The Morgan fingerprint density at radius 3 is 2.55 bits per heavy atom. The standard InChI is InChI=1S/C16H16Cl2N4/c17-14-5-3-4-13(16(14)18)12-20-22-10-8-21(9-11-22)15-6-1-2-7-19-15/h1-7,12H,8-11H2/p+1/b20-12-. The van der Waals surface area contributed by atoms with Gasteiger partial charge in [-0.1, -0.05) is 41.4 Å². The molecule has 1 aromatic heterocycles. The van der Waals surface area contributed by atoms with Gasteiger partial charge in [-0.2, -0.15) is 5.10 Å². The molecule has 1 aromatic carbocycles. The number of hydrazone groups is 1. The lowest BCUT2D eigenvalue weighted by Gasteiger charge is -2.28. The van der Waals surface area contributed by atoms with E-state index in [1.54, 1.807) is 12.3 Å². The highest BCUT2D eigenvalue weighted by atomic mass is 35.5. The fraction of sp³-hybridized carbons (Fsp3) is 0.250. The van der Waals surface area contributed by atoms with Crippen LogP contribution in [-0.4, -0.2) is 37.4 Å². The van der Waals surface area contributed by atoms with Gasteiger partial charge < -0.3 is 0 Å². The molecular formula is C16H17Cl2N4+. The molecular weight excluding hydrogens is 319 g/mol. The zero-order valence-corrected chi connectivity index (χ0v) is 13.6. The van der Waals surface area contributed by atoms with Crippen LogP contribution in [0, 0.1) is 0 Å². The number of nitrogens with zero attached hydrogens (tertiary/aromatic N) is 3. The zero-order chi connectivity index (χ0) is 15.4. The number of aromatic nitrogens is 1. The average Bonchev–Trinajstić information content (AvgIpc) is 2.57. The van der Waals surface area contributed by atoms with E-state index in [2.05, 4.69) is 26.1 Å². The first-order valence-electron chi connectivity index (χ1n) is 7.18. The van der Waals surface area contributed by atoms with Gasteiger partial charge in [0.25, 0.3) is 5.82 Å². The summed E-state index contributed by atoms with van der Waals surface area (Å²) in [6, 6.07) is 11.7.